The second-order valence-corrected chi connectivity index (χ2v) is 4.89. The molecule has 98 valence electrons. The van der Waals surface area contributed by atoms with Crippen LogP contribution >= 0.6 is 0 Å². The van der Waals surface area contributed by atoms with Crippen molar-refractivity contribution in [1.29, 1.82) is 0 Å². The molecule has 1 fully saturated rings. The fourth-order valence-electron chi connectivity index (χ4n) is 1.97. The van der Waals surface area contributed by atoms with E-state index in [1.54, 1.807) is 13.8 Å². The number of benzene rings is 1. The van der Waals surface area contributed by atoms with Crippen molar-refractivity contribution in [3.05, 3.63) is 35.9 Å². The summed E-state index contributed by atoms with van der Waals surface area (Å²) in [5.41, 5.74) is -0.0594. The van der Waals surface area contributed by atoms with E-state index in [1.165, 1.54) is 4.90 Å². The van der Waals surface area contributed by atoms with Crippen LogP contribution in [-0.2, 0) is 9.59 Å². The summed E-state index contributed by atoms with van der Waals surface area (Å²) in [6, 6.07) is 9.31. The Hall–Kier alpha value is -2.28. The first-order chi connectivity index (χ1) is 9.01. The van der Waals surface area contributed by atoms with Gasteiger partial charge in [-0.25, -0.2) is 0 Å². The van der Waals surface area contributed by atoms with Crippen LogP contribution in [0.25, 0.3) is 0 Å². The second kappa shape index (κ2) is 5.15. The average molecular weight is 256 g/mol. The zero-order valence-electron chi connectivity index (χ0n) is 11.1. The first kappa shape index (κ1) is 13.2. The zero-order chi connectivity index (χ0) is 13.9. The molecule has 0 spiro atoms. The van der Waals surface area contributed by atoms with Gasteiger partial charge in [0.15, 0.2) is 0 Å². The molecule has 1 N–H and O–H groups in total. The Balaban J connectivity index is 2.17. The van der Waals surface area contributed by atoms with Crippen LogP contribution in [0.5, 0.6) is 0 Å². The third kappa shape index (κ3) is 2.76. The number of piperazine rings is 1. The number of carbonyl (C=O) groups excluding carboxylic acids is 2. The fraction of sp³-hybridized carbons (Fsp3) is 0.333. The minimum absolute atomic E-state index is 0.145. The maximum Gasteiger partial charge on any atom is 0.299 e. The van der Waals surface area contributed by atoms with Crippen LogP contribution in [0.15, 0.2) is 30.3 Å². The van der Waals surface area contributed by atoms with Crippen LogP contribution in [0, 0.1) is 11.8 Å². The summed E-state index contributed by atoms with van der Waals surface area (Å²) in [6.07, 6.45) is 0. The number of hydrogen-bond donors (Lipinski definition) is 1. The van der Waals surface area contributed by atoms with E-state index in [-0.39, 0.29) is 11.8 Å². The predicted octanol–water partition coefficient (Wildman–Crippen LogP) is 0.775. The average Bonchev–Trinajstić information content (AvgIpc) is 2.40. The van der Waals surface area contributed by atoms with Crippen LogP contribution < -0.4 is 5.32 Å². The van der Waals surface area contributed by atoms with Crippen LogP contribution in [0.2, 0.25) is 0 Å². The van der Waals surface area contributed by atoms with Crippen molar-refractivity contribution in [1.82, 2.24) is 10.2 Å². The smallest absolute Gasteiger partial charge is 0.299 e. The highest BCUT2D eigenvalue weighted by Gasteiger charge is 2.39. The lowest BCUT2D eigenvalue weighted by atomic mass is 9.99. The molecule has 1 aliphatic heterocycles. The number of nitrogens with one attached hydrogen (secondary N) is 1. The molecule has 0 atom stereocenters. The van der Waals surface area contributed by atoms with Gasteiger partial charge in [-0.3, -0.25) is 9.59 Å². The van der Waals surface area contributed by atoms with Gasteiger partial charge in [0, 0.05) is 24.6 Å². The Labute approximate surface area is 112 Å². The number of nitrogens with zero attached hydrogens (tertiary/aromatic N) is 1. The van der Waals surface area contributed by atoms with Crippen molar-refractivity contribution < 1.29 is 9.59 Å². The van der Waals surface area contributed by atoms with Crippen molar-refractivity contribution >= 4 is 11.8 Å². The van der Waals surface area contributed by atoms with E-state index in [4.69, 9.17) is 0 Å². The van der Waals surface area contributed by atoms with Gasteiger partial charge in [-0.1, -0.05) is 24.1 Å². The fourth-order valence-corrected chi connectivity index (χ4v) is 1.97. The molecule has 2 amide bonds. The van der Waals surface area contributed by atoms with Crippen molar-refractivity contribution in [2.45, 2.75) is 19.4 Å². The normalized spacial score (nSPS) is 17.2. The Morgan fingerprint density at radius 3 is 2.68 bits per heavy atom. The lowest BCUT2D eigenvalue weighted by molar-refractivity contribution is -0.145. The molecule has 1 aromatic carbocycles. The largest absolute Gasteiger partial charge is 0.352 e. The molecule has 0 saturated carbocycles. The van der Waals surface area contributed by atoms with Gasteiger partial charge in [0.2, 0.25) is 5.91 Å². The Morgan fingerprint density at radius 1 is 1.32 bits per heavy atom. The van der Waals surface area contributed by atoms with E-state index in [0.29, 0.717) is 13.1 Å². The topological polar surface area (TPSA) is 49.4 Å². The Morgan fingerprint density at radius 2 is 2.00 bits per heavy atom. The molecular formula is C15H16N2O2. The van der Waals surface area contributed by atoms with Crippen molar-refractivity contribution in [3.63, 3.8) is 0 Å². The van der Waals surface area contributed by atoms with Gasteiger partial charge in [0.05, 0.1) is 0 Å². The van der Waals surface area contributed by atoms with E-state index in [9.17, 15) is 9.59 Å². The van der Waals surface area contributed by atoms with Gasteiger partial charge >= 0.3 is 0 Å². The summed E-state index contributed by atoms with van der Waals surface area (Å²) in [6.45, 7) is 4.41. The molecular weight excluding hydrogens is 240 g/mol. The molecule has 1 aliphatic rings. The monoisotopic (exact) mass is 256 g/mol. The van der Waals surface area contributed by atoms with Gasteiger partial charge in [0.1, 0.15) is 5.54 Å². The third-order valence-corrected chi connectivity index (χ3v) is 3.18. The van der Waals surface area contributed by atoms with Gasteiger partial charge in [-0.2, -0.15) is 0 Å². The highest BCUT2D eigenvalue weighted by atomic mass is 16.2. The lowest BCUT2D eigenvalue weighted by Gasteiger charge is -2.39. The molecule has 1 aromatic rings. The van der Waals surface area contributed by atoms with Gasteiger partial charge < -0.3 is 10.2 Å². The molecule has 19 heavy (non-hydrogen) atoms. The van der Waals surface area contributed by atoms with E-state index in [1.807, 2.05) is 30.3 Å². The molecule has 0 aromatic heterocycles. The lowest BCUT2D eigenvalue weighted by Crippen LogP contribution is -2.63. The molecule has 1 saturated heterocycles. The summed E-state index contributed by atoms with van der Waals surface area (Å²) < 4.78 is 0. The van der Waals surface area contributed by atoms with E-state index in [2.05, 4.69) is 17.2 Å². The molecule has 0 radical (unpaired) electrons. The van der Waals surface area contributed by atoms with Crippen LogP contribution in [0.1, 0.15) is 19.4 Å². The van der Waals surface area contributed by atoms with Crippen molar-refractivity contribution in [2.75, 3.05) is 13.1 Å². The third-order valence-electron chi connectivity index (χ3n) is 3.18. The zero-order valence-corrected chi connectivity index (χ0v) is 11.1. The molecule has 0 bridgehead atoms. The minimum atomic E-state index is -0.847. The molecule has 4 heteroatoms. The number of hydrogen-bond acceptors (Lipinski definition) is 2. The molecule has 4 nitrogen and oxygen atoms in total. The van der Waals surface area contributed by atoms with Crippen molar-refractivity contribution in [2.24, 2.45) is 0 Å². The van der Waals surface area contributed by atoms with Gasteiger partial charge in [-0.05, 0) is 26.0 Å². The minimum Gasteiger partial charge on any atom is -0.352 e. The maximum atomic E-state index is 12.1. The Kier molecular flexibility index (Phi) is 3.57. The number of carbonyl (C=O) groups is 2. The Bertz CT molecular complexity index is 553. The van der Waals surface area contributed by atoms with E-state index >= 15 is 0 Å². The summed E-state index contributed by atoms with van der Waals surface area (Å²) in [5.74, 6) is 4.96. The standard InChI is InChI=1S/C15H16N2O2/c1-15(2)14(19)16-10-11-17(15)13(18)9-8-12-6-4-3-5-7-12/h3-7H,10-11H2,1-2H3,(H,16,19). The van der Waals surface area contributed by atoms with Crippen LogP contribution in [0.4, 0.5) is 0 Å². The van der Waals surface area contributed by atoms with Crippen molar-refractivity contribution in [3.8, 4) is 11.8 Å². The van der Waals surface area contributed by atoms with Gasteiger partial charge in [-0.15, -0.1) is 0 Å². The molecule has 1 heterocycles. The maximum absolute atomic E-state index is 12.1. The number of rotatable bonds is 0. The first-order valence-electron chi connectivity index (χ1n) is 6.19. The number of amides is 2. The molecule has 2 rings (SSSR count). The predicted molar refractivity (Wildman–Crippen MR) is 72.1 cm³/mol. The SMILES string of the molecule is CC1(C)C(=O)NCCN1C(=O)C#Cc1ccccc1. The van der Waals surface area contributed by atoms with Crippen LogP contribution in [0.3, 0.4) is 0 Å². The summed E-state index contributed by atoms with van der Waals surface area (Å²) in [5, 5.41) is 2.75. The summed E-state index contributed by atoms with van der Waals surface area (Å²) in [7, 11) is 0. The quantitative estimate of drug-likeness (QED) is 0.697. The highest BCUT2D eigenvalue weighted by molar-refractivity contribution is 5.99. The van der Waals surface area contributed by atoms with Crippen LogP contribution in [-0.4, -0.2) is 35.3 Å². The molecule has 0 aliphatic carbocycles. The summed E-state index contributed by atoms with van der Waals surface area (Å²) >= 11 is 0. The summed E-state index contributed by atoms with van der Waals surface area (Å²) in [4.78, 5) is 25.4. The second-order valence-electron chi connectivity index (χ2n) is 4.89. The highest BCUT2D eigenvalue weighted by Crippen LogP contribution is 2.17. The van der Waals surface area contributed by atoms with E-state index in [0.717, 1.165) is 5.56 Å². The molecule has 0 unspecified atom stereocenters. The van der Waals surface area contributed by atoms with E-state index < -0.39 is 5.54 Å². The first-order valence-corrected chi connectivity index (χ1v) is 6.19. The van der Waals surface area contributed by atoms with Gasteiger partial charge in [0.25, 0.3) is 5.91 Å².